The highest BCUT2D eigenvalue weighted by Crippen LogP contribution is 2.51. The molecule has 0 fully saturated rings. The van der Waals surface area contributed by atoms with Gasteiger partial charge in [0.05, 0.1) is 39.4 Å². The number of ketones is 1. The molecule has 1 aliphatic heterocycles. The fourth-order valence-corrected chi connectivity index (χ4v) is 4.58. The molecule has 7 heteroatoms. The molecular weight excluding hydrogens is 398 g/mol. The minimum atomic E-state index is -0.631. The van der Waals surface area contributed by atoms with Crippen LogP contribution in [0.5, 0.6) is 17.2 Å². The largest absolute Gasteiger partial charge is 0.493 e. The molecule has 31 heavy (non-hydrogen) atoms. The predicted octanol–water partition coefficient (Wildman–Crippen LogP) is 3.88. The van der Waals surface area contributed by atoms with Crippen LogP contribution < -0.4 is 19.5 Å². The molecule has 0 saturated carbocycles. The molecule has 1 N–H and O–H groups in total. The van der Waals surface area contributed by atoms with Crippen molar-refractivity contribution in [1.82, 2.24) is 5.32 Å². The number of esters is 1. The lowest BCUT2D eigenvalue weighted by Crippen LogP contribution is -2.38. The molecule has 1 aromatic rings. The van der Waals surface area contributed by atoms with Gasteiger partial charge in [0.25, 0.3) is 0 Å². The van der Waals surface area contributed by atoms with Crippen LogP contribution in [0.4, 0.5) is 0 Å². The summed E-state index contributed by atoms with van der Waals surface area (Å²) in [7, 11) is 4.60. The lowest BCUT2D eigenvalue weighted by atomic mass is 9.68. The molecule has 1 aromatic carbocycles. The number of hydrogen-bond donors (Lipinski definition) is 1. The maximum Gasteiger partial charge on any atom is 0.336 e. The van der Waals surface area contributed by atoms with Crippen LogP contribution in [0.2, 0.25) is 0 Å². The summed E-state index contributed by atoms with van der Waals surface area (Å²) in [6, 6.07) is 3.58. The molecular formula is C24H31NO6. The maximum absolute atomic E-state index is 13.4. The molecule has 0 amide bonds. The molecule has 0 saturated heterocycles. The third kappa shape index (κ3) is 4.01. The SMILES string of the molecule is CCOC(=O)C1=C(C)NC2=C(C(=O)CC(C)(C)C2)[C@@H]1c1ccc(OC)c(OC)c1OC. The van der Waals surface area contributed by atoms with E-state index in [1.165, 1.54) is 14.2 Å². The molecule has 0 spiro atoms. The Morgan fingerprint density at radius 2 is 1.77 bits per heavy atom. The van der Waals surface area contributed by atoms with Gasteiger partial charge < -0.3 is 24.3 Å². The van der Waals surface area contributed by atoms with Crippen LogP contribution in [0.3, 0.4) is 0 Å². The maximum atomic E-state index is 13.4. The van der Waals surface area contributed by atoms with Gasteiger partial charge in [0.2, 0.25) is 5.75 Å². The molecule has 7 nitrogen and oxygen atoms in total. The summed E-state index contributed by atoms with van der Waals surface area (Å²) in [5.74, 6) is 0.253. The second-order valence-corrected chi connectivity index (χ2v) is 8.57. The molecule has 2 aliphatic rings. The summed E-state index contributed by atoms with van der Waals surface area (Å²) >= 11 is 0. The van der Waals surface area contributed by atoms with Crippen molar-refractivity contribution in [3.63, 3.8) is 0 Å². The number of methoxy groups -OCH3 is 3. The van der Waals surface area contributed by atoms with Crippen molar-refractivity contribution in [2.24, 2.45) is 5.41 Å². The molecule has 1 heterocycles. The van der Waals surface area contributed by atoms with Crippen molar-refractivity contribution in [2.45, 2.75) is 46.5 Å². The number of carbonyl (C=O) groups excluding carboxylic acids is 2. The van der Waals surface area contributed by atoms with Gasteiger partial charge in [0.1, 0.15) is 0 Å². The van der Waals surface area contributed by atoms with Gasteiger partial charge in [-0.05, 0) is 31.7 Å². The number of benzene rings is 1. The van der Waals surface area contributed by atoms with Crippen molar-refractivity contribution in [3.8, 4) is 17.2 Å². The number of dihydropyridines is 1. The average Bonchev–Trinajstić information content (AvgIpc) is 2.70. The summed E-state index contributed by atoms with van der Waals surface area (Å²) in [4.78, 5) is 26.4. The zero-order valence-electron chi connectivity index (χ0n) is 19.3. The quantitative estimate of drug-likeness (QED) is 0.687. The van der Waals surface area contributed by atoms with E-state index in [-0.39, 0.29) is 17.8 Å². The van der Waals surface area contributed by atoms with E-state index in [9.17, 15) is 9.59 Å². The smallest absolute Gasteiger partial charge is 0.336 e. The number of hydrogen-bond acceptors (Lipinski definition) is 7. The minimum Gasteiger partial charge on any atom is -0.493 e. The van der Waals surface area contributed by atoms with E-state index in [2.05, 4.69) is 19.2 Å². The summed E-state index contributed by atoms with van der Waals surface area (Å²) in [6.45, 7) is 7.97. The van der Waals surface area contributed by atoms with E-state index in [0.29, 0.717) is 52.5 Å². The zero-order valence-corrected chi connectivity index (χ0v) is 19.3. The first-order valence-electron chi connectivity index (χ1n) is 10.4. The zero-order chi connectivity index (χ0) is 22.9. The predicted molar refractivity (Wildman–Crippen MR) is 116 cm³/mol. The van der Waals surface area contributed by atoms with Gasteiger partial charge in [-0.15, -0.1) is 0 Å². The normalized spacial score (nSPS) is 20.1. The first-order valence-corrected chi connectivity index (χ1v) is 10.4. The summed E-state index contributed by atoms with van der Waals surface area (Å²) in [6.07, 6.45) is 1.10. The van der Waals surface area contributed by atoms with Crippen LogP contribution in [0.15, 0.2) is 34.7 Å². The fraction of sp³-hybridized carbons (Fsp3) is 0.500. The molecule has 0 unspecified atom stereocenters. The third-order valence-corrected chi connectivity index (χ3v) is 5.78. The molecule has 1 aliphatic carbocycles. The topological polar surface area (TPSA) is 83.1 Å². The summed E-state index contributed by atoms with van der Waals surface area (Å²) in [5.41, 5.74) is 2.98. The van der Waals surface area contributed by atoms with E-state index < -0.39 is 11.9 Å². The first kappa shape index (κ1) is 22.7. The van der Waals surface area contributed by atoms with E-state index >= 15 is 0 Å². The molecule has 168 valence electrons. The standard InChI is InChI=1S/C24H31NO6/c1-8-31-23(27)18-13(2)25-15-11-24(3,4)12-16(26)20(15)19(18)14-9-10-17(28-5)22(30-7)21(14)29-6/h9-10,19,25H,8,11-12H2,1-7H3/t19-/m1/s1. The Hall–Kier alpha value is -2.96. The van der Waals surface area contributed by atoms with Gasteiger partial charge in [0.15, 0.2) is 17.3 Å². The Kier molecular flexibility index (Phi) is 6.34. The van der Waals surface area contributed by atoms with E-state index in [4.69, 9.17) is 18.9 Å². The highest BCUT2D eigenvalue weighted by Gasteiger charge is 2.44. The van der Waals surface area contributed by atoms with E-state index in [1.54, 1.807) is 20.1 Å². The Bertz CT molecular complexity index is 973. The molecule has 0 aromatic heterocycles. The number of ether oxygens (including phenoxy) is 4. The highest BCUT2D eigenvalue weighted by atomic mass is 16.5. The number of nitrogens with one attached hydrogen (secondary N) is 1. The lowest BCUT2D eigenvalue weighted by Gasteiger charge is -2.39. The second-order valence-electron chi connectivity index (χ2n) is 8.57. The van der Waals surface area contributed by atoms with Crippen LogP contribution in [0.25, 0.3) is 0 Å². The van der Waals surface area contributed by atoms with Gasteiger partial charge in [-0.25, -0.2) is 4.79 Å². The Balaban J connectivity index is 2.30. The fourth-order valence-electron chi connectivity index (χ4n) is 4.58. The van der Waals surface area contributed by atoms with Crippen molar-refractivity contribution in [2.75, 3.05) is 27.9 Å². The van der Waals surface area contributed by atoms with E-state index in [0.717, 1.165) is 5.70 Å². The Labute approximate surface area is 183 Å². The number of Topliss-reactive ketones (excluding diaryl/α,β-unsaturated/α-hetero) is 1. The van der Waals surface area contributed by atoms with Gasteiger partial charge >= 0.3 is 5.97 Å². The molecule has 0 radical (unpaired) electrons. The van der Waals surface area contributed by atoms with Gasteiger partial charge in [-0.2, -0.15) is 0 Å². The highest BCUT2D eigenvalue weighted by molar-refractivity contribution is 6.04. The monoisotopic (exact) mass is 429 g/mol. The van der Waals surface area contributed by atoms with Crippen LogP contribution >= 0.6 is 0 Å². The Morgan fingerprint density at radius 3 is 2.35 bits per heavy atom. The second kappa shape index (κ2) is 8.65. The number of allylic oxidation sites excluding steroid dienone is 3. The van der Waals surface area contributed by atoms with Crippen molar-refractivity contribution < 1.29 is 28.5 Å². The van der Waals surface area contributed by atoms with Crippen LogP contribution in [0, 0.1) is 5.41 Å². The van der Waals surface area contributed by atoms with Crippen LogP contribution in [0.1, 0.15) is 52.0 Å². The summed E-state index contributed by atoms with van der Waals surface area (Å²) < 4.78 is 22.0. The van der Waals surface area contributed by atoms with Crippen molar-refractivity contribution in [1.29, 1.82) is 0 Å². The van der Waals surface area contributed by atoms with Crippen molar-refractivity contribution >= 4 is 11.8 Å². The first-order chi connectivity index (χ1) is 14.7. The number of carbonyl (C=O) groups is 2. The lowest BCUT2D eigenvalue weighted by molar-refractivity contribution is -0.138. The van der Waals surface area contributed by atoms with Crippen LogP contribution in [-0.2, 0) is 14.3 Å². The molecule has 1 atom stereocenters. The average molecular weight is 430 g/mol. The third-order valence-electron chi connectivity index (χ3n) is 5.78. The van der Waals surface area contributed by atoms with Gasteiger partial charge in [0, 0.05) is 29.0 Å². The van der Waals surface area contributed by atoms with Crippen LogP contribution in [-0.4, -0.2) is 39.7 Å². The van der Waals surface area contributed by atoms with Gasteiger partial charge in [-0.3, -0.25) is 4.79 Å². The number of rotatable bonds is 6. The van der Waals surface area contributed by atoms with E-state index in [1.807, 2.05) is 13.0 Å². The van der Waals surface area contributed by atoms with Crippen molar-refractivity contribution in [3.05, 3.63) is 40.2 Å². The molecule has 0 bridgehead atoms. The van der Waals surface area contributed by atoms with Gasteiger partial charge in [-0.1, -0.05) is 19.9 Å². The molecule has 3 rings (SSSR count). The Morgan fingerprint density at radius 1 is 1.10 bits per heavy atom. The minimum absolute atomic E-state index is 0.00915. The summed E-state index contributed by atoms with van der Waals surface area (Å²) in [5, 5.41) is 3.32.